The van der Waals surface area contributed by atoms with Crippen LogP contribution in [0.5, 0.6) is 0 Å². The number of carbonyl (C=O) groups excluding carboxylic acids is 1. The van der Waals surface area contributed by atoms with Gasteiger partial charge in [0.05, 0.1) is 12.8 Å². The SMILES string of the molecule is Cc1ccccc1NC(=O)CN(CCc1c[nH]c2ccccc12)S(C)(=O)=O. The second-order valence-corrected chi connectivity index (χ2v) is 8.55. The summed E-state index contributed by atoms with van der Waals surface area (Å²) in [5, 5.41) is 3.85. The lowest BCUT2D eigenvalue weighted by Crippen LogP contribution is -2.38. The molecule has 0 aliphatic rings. The van der Waals surface area contributed by atoms with Gasteiger partial charge in [-0.25, -0.2) is 8.42 Å². The Bertz CT molecular complexity index is 1060. The van der Waals surface area contributed by atoms with Gasteiger partial charge >= 0.3 is 0 Å². The van der Waals surface area contributed by atoms with Gasteiger partial charge in [0.1, 0.15) is 0 Å². The van der Waals surface area contributed by atoms with Crippen LogP contribution in [0, 0.1) is 6.92 Å². The van der Waals surface area contributed by atoms with E-state index in [0.29, 0.717) is 12.1 Å². The molecule has 2 aromatic carbocycles. The zero-order chi connectivity index (χ0) is 19.4. The predicted octanol–water partition coefficient (Wildman–Crippen LogP) is 2.92. The van der Waals surface area contributed by atoms with Gasteiger partial charge in [-0.2, -0.15) is 4.31 Å². The smallest absolute Gasteiger partial charge is 0.239 e. The molecule has 1 aromatic heterocycles. The largest absolute Gasteiger partial charge is 0.361 e. The van der Waals surface area contributed by atoms with Gasteiger partial charge in [0, 0.05) is 29.3 Å². The van der Waals surface area contributed by atoms with E-state index in [9.17, 15) is 13.2 Å². The summed E-state index contributed by atoms with van der Waals surface area (Å²) in [6.45, 7) is 1.92. The summed E-state index contributed by atoms with van der Waals surface area (Å²) in [6.07, 6.45) is 3.54. The zero-order valence-electron chi connectivity index (χ0n) is 15.4. The Labute approximate surface area is 159 Å². The van der Waals surface area contributed by atoms with Crippen LogP contribution in [0.2, 0.25) is 0 Å². The second kappa shape index (κ2) is 7.94. The Morgan fingerprint density at radius 1 is 1.11 bits per heavy atom. The lowest BCUT2D eigenvalue weighted by molar-refractivity contribution is -0.116. The molecule has 0 fully saturated rings. The molecule has 1 heterocycles. The van der Waals surface area contributed by atoms with Crippen molar-refractivity contribution in [1.82, 2.24) is 9.29 Å². The highest BCUT2D eigenvalue weighted by Crippen LogP contribution is 2.19. The number of hydrogen-bond donors (Lipinski definition) is 2. The maximum atomic E-state index is 12.4. The molecule has 0 radical (unpaired) electrons. The molecular formula is C20H23N3O3S. The number of sulfonamides is 1. The summed E-state index contributed by atoms with van der Waals surface area (Å²) in [4.78, 5) is 15.6. The van der Waals surface area contributed by atoms with Gasteiger partial charge in [-0.15, -0.1) is 0 Å². The number of rotatable bonds is 7. The van der Waals surface area contributed by atoms with E-state index in [4.69, 9.17) is 0 Å². The van der Waals surface area contributed by atoms with Gasteiger partial charge in [0.2, 0.25) is 15.9 Å². The van der Waals surface area contributed by atoms with Crippen molar-refractivity contribution in [3.63, 3.8) is 0 Å². The first kappa shape index (κ1) is 19.1. The molecule has 0 bridgehead atoms. The minimum atomic E-state index is -3.51. The van der Waals surface area contributed by atoms with E-state index in [1.165, 1.54) is 4.31 Å². The van der Waals surface area contributed by atoms with E-state index >= 15 is 0 Å². The molecule has 142 valence electrons. The number of hydrogen-bond acceptors (Lipinski definition) is 3. The van der Waals surface area contributed by atoms with Gasteiger partial charge in [0.15, 0.2) is 0 Å². The highest BCUT2D eigenvalue weighted by atomic mass is 32.2. The van der Waals surface area contributed by atoms with Crippen molar-refractivity contribution in [2.75, 3.05) is 24.7 Å². The summed E-state index contributed by atoms with van der Waals surface area (Å²) in [5.74, 6) is -0.353. The number of amides is 1. The minimum absolute atomic E-state index is 0.213. The number of anilines is 1. The fourth-order valence-corrected chi connectivity index (χ4v) is 3.78. The van der Waals surface area contributed by atoms with Gasteiger partial charge in [0.25, 0.3) is 0 Å². The third kappa shape index (κ3) is 4.75. The van der Waals surface area contributed by atoms with Crippen LogP contribution in [0.4, 0.5) is 5.69 Å². The number of nitrogens with one attached hydrogen (secondary N) is 2. The molecule has 3 rings (SSSR count). The number of aryl methyl sites for hydroxylation is 1. The number of H-pyrrole nitrogens is 1. The van der Waals surface area contributed by atoms with Crippen molar-refractivity contribution in [1.29, 1.82) is 0 Å². The van der Waals surface area contributed by atoms with Crippen molar-refractivity contribution in [3.8, 4) is 0 Å². The van der Waals surface area contributed by atoms with Crippen LogP contribution < -0.4 is 5.32 Å². The Kier molecular flexibility index (Phi) is 5.62. The van der Waals surface area contributed by atoms with E-state index < -0.39 is 10.0 Å². The molecule has 0 unspecified atom stereocenters. The molecule has 0 atom stereocenters. The van der Waals surface area contributed by atoms with Crippen molar-refractivity contribution in [3.05, 3.63) is 65.9 Å². The normalized spacial score (nSPS) is 11.8. The molecule has 0 saturated heterocycles. The molecule has 2 N–H and O–H groups in total. The zero-order valence-corrected chi connectivity index (χ0v) is 16.2. The van der Waals surface area contributed by atoms with Crippen LogP contribution in [-0.4, -0.2) is 43.0 Å². The molecular weight excluding hydrogens is 362 g/mol. The van der Waals surface area contributed by atoms with Crippen molar-refractivity contribution < 1.29 is 13.2 Å². The van der Waals surface area contributed by atoms with Crippen LogP contribution in [0.15, 0.2) is 54.7 Å². The van der Waals surface area contributed by atoms with Crippen LogP contribution in [0.25, 0.3) is 10.9 Å². The Morgan fingerprint density at radius 3 is 2.56 bits per heavy atom. The standard InChI is InChI=1S/C20H23N3O3S/c1-15-7-3-5-9-18(15)22-20(24)14-23(27(2,25)26)12-11-16-13-21-19-10-6-4-8-17(16)19/h3-10,13,21H,11-12,14H2,1-2H3,(H,22,24). The minimum Gasteiger partial charge on any atom is -0.361 e. The van der Waals surface area contributed by atoms with E-state index in [-0.39, 0.29) is 19.0 Å². The third-order valence-electron chi connectivity index (χ3n) is 4.51. The van der Waals surface area contributed by atoms with Crippen molar-refractivity contribution in [2.24, 2.45) is 0 Å². The molecule has 3 aromatic rings. The number of aromatic nitrogens is 1. The molecule has 0 aliphatic heterocycles. The lowest BCUT2D eigenvalue weighted by atomic mass is 10.1. The number of aromatic amines is 1. The molecule has 0 saturated carbocycles. The summed E-state index contributed by atoms with van der Waals surface area (Å²) in [5.41, 5.74) is 3.65. The van der Waals surface area contributed by atoms with Crippen molar-refractivity contribution in [2.45, 2.75) is 13.3 Å². The first-order valence-electron chi connectivity index (χ1n) is 8.70. The first-order valence-corrected chi connectivity index (χ1v) is 10.5. The van der Waals surface area contributed by atoms with Crippen molar-refractivity contribution >= 4 is 32.5 Å². The quantitative estimate of drug-likeness (QED) is 0.656. The monoisotopic (exact) mass is 385 g/mol. The van der Waals surface area contributed by atoms with Gasteiger partial charge in [-0.3, -0.25) is 4.79 Å². The molecule has 1 amide bonds. The fraction of sp³-hybridized carbons (Fsp3) is 0.250. The molecule has 7 heteroatoms. The predicted molar refractivity (Wildman–Crippen MR) is 108 cm³/mol. The average molecular weight is 385 g/mol. The third-order valence-corrected chi connectivity index (χ3v) is 5.76. The van der Waals surface area contributed by atoms with Gasteiger partial charge < -0.3 is 10.3 Å². The number of carbonyl (C=O) groups is 1. The summed E-state index contributed by atoms with van der Waals surface area (Å²) < 4.78 is 25.5. The molecule has 0 aliphatic carbocycles. The fourth-order valence-electron chi connectivity index (χ4n) is 3.01. The Hall–Kier alpha value is -2.64. The van der Waals surface area contributed by atoms with Gasteiger partial charge in [-0.1, -0.05) is 36.4 Å². The average Bonchev–Trinajstić information content (AvgIpc) is 3.03. The maximum Gasteiger partial charge on any atom is 0.239 e. The lowest BCUT2D eigenvalue weighted by Gasteiger charge is -2.19. The summed E-state index contributed by atoms with van der Waals surface area (Å²) >= 11 is 0. The van der Waals surface area contributed by atoms with Crippen LogP contribution in [-0.2, 0) is 21.2 Å². The highest BCUT2D eigenvalue weighted by molar-refractivity contribution is 7.88. The van der Waals surface area contributed by atoms with Crippen LogP contribution >= 0.6 is 0 Å². The first-order chi connectivity index (χ1) is 12.8. The van der Waals surface area contributed by atoms with Crippen LogP contribution in [0.3, 0.4) is 0 Å². The van der Waals surface area contributed by atoms with E-state index in [2.05, 4.69) is 10.3 Å². The van der Waals surface area contributed by atoms with Gasteiger partial charge in [-0.05, 0) is 36.6 Å². The van der Waals surface area contributed by atoms with E-state index in [1.807, 2.05) is 55.6 Å². The maximum absolute atomic E-state index is 12.4. The highest BCUT2D eigenvalue weighted by Gasteiger charge is 2.21. The molecule has 27 heavy (non-hydrogen) atoms. The summed E-state index contributed by atoms with van der Waals surface area (Å²) in [7, 11) is -3.51. The van der Waals surface area contributed by atoms with E-state index in [1.54, 1.807) is 6.07 Å². The van der Waals surface area contributed by atoms with Crippen LogP contribution in [0.1, 0.15) is 11.1 Å². The Morgan fingerprint density at radius 2 is 1.81 bits per heavy atom. The van der Waals surface area contributed by atoms with E-state index in [0.717, 1.165) is 28.3 Å². The second-order valence-electron chi connectivity index (χ2n) is 6.57. The molecule has 6 nitrogen and oxygen atoms in total. The molecule has 0 spiro atoms. The number of fused-ring (bicyclic) bond motifs is 1. The number of nitrogens with zero attached hydrogens (tertiary/aromatic N) is 1. The Balaban J connectivity index is 1.69. The summed E-state index contributed by atoms with van der Waals surface area (Å²) in [6, 6.07) is 15.3. The topological polar surface area (TPSA) is 82.3 Å². The number of para-hydroxylation sites is 2. The number of benzene rings is 2.